The first-order valence-corrected chi connectivity index (χ1v) is 11.0. The van der Waals surface area contributed by atoms with Crippen LogP contribution in [0.5, 0.6) is 0 Å². The highest BCUT2D eigenvalue weighted by atomic mass is 35.5. The quantitative estimate of drug-likeness (QED) is 0.619. The second kappa shape index (κ2) is 9.19. The van der Waals surface area contributed by atoms with Crippen LogP contribution in [0, 0.1) is 0 Å². The number of likely N-dealkylation sites (N-methyl/N-ethyl adjacent to an activating group) is 1. The summed E-state index contributed by atoms with van der Waals surface area (Å²) in [5, 5.41) is 1.06. The molecule has 2 aromatic rings. The van der Waals surface area contributed by atoms with E-state index in [0.717, 1.165) is 40.0 Å². The number of hydrogen-bond acceptors (Lipinski definition) is 4. The van der Waals surface area contributed by atoms with Crippen LogP contribution < -0.4 is 5.73 Å². The zero-order valence-electron chi connectivity index (χ0n) is 18.2. The van der Waals surface area contributed by atoms with Crippen molar-refractivity contribution in [2.24, 2.45) is 5.73 Å². The van der Waals surface area contributed by atoms with Crippen LogP contribution in [-0.2, 0) is 16.0 Å². The molecule has 2 aromatic carbocycles. The van der Waals surface area contributed by atoms with Crippen molar-refractivity contribution in [1.29, 1.82) is 0 Å². The molecular formula is C24H28Cl2N2O3. The Balaban J connectivity index is 1.81. The highest BCUT2D eigenvalue weighted by Crippen LogP contribution is 2.42. The van der Waals surface area contributed by atoms with Crippen molar-refractivity contribution in [3.05, 3.63) is 68.7 Å². The van der Waals surface area contributed by atoms with Crippen LogP contribution in [0.25, 0.3) is 0 Å². The lowest BCUT2D eigenvalue weighted by atomic mass is 9.76. The first-order valence-electron chi connectivity index (χ1n) is 10.3. The number of amides is 2. The standard InChI is InChI=1S/C24H28Cl2N2O3/c1-24(2,3)31-23(30)28(4)22(29)12-14-5-7-17-16(8-10-21(27)18(17)11-14)15-6-9-19(25)20(26)13-15/h5-7,9,11,13,16,21H,8,10,12,27H2,1-4H3/t16-,21?/m0/s1. The van der Waals surface area contributed by atoms with Gasteiger partial charge in [0, 0.05) is 19.0 Å². The molecule has 0 aromatic heterocycles. The number of hydrogen-bond donors (Lipinski definition) is 1. The lowest BCUT2D eigenvalue weighted by Crippen LogP contribution is -2.38. The zero-order chi connectivity index (χ0) is 22.9. The fraction of sp³-hybridized carbons (Fsp3) is 0.417. The van der Waals surface area contributed by atoms with Crippen LogP contribution in [0.4, 0.5) is 4.79 Å². The summed E-state index contributed by atoms with van der Waals surface area (Å²) in [7, 11) is 1.43. The number of carbonyl (C=O) groups excluding carboxylic acids is 2. The van der Waals surface area contributed by atoms with Crippen LogP contribution in [-0.4, -0.2) is 29.5 Å². The predicted octanol–water partition coefficient (Wildman–Crippen LogP) is 5.85. The first-order chi connectivity index (χ1) is 14.5. The van der Waals surface area contributed by atoms with Gasteiger partial charge in [0.25, 0.3) is 0 Å². The highest BCUT2D eigenvalue weighted by molar-refractivity contribution is 6.42. The second-order valence-electron chi connectivity index (χ2n) is 8.98. The van der Waals surface area contributed by atoms with Gasteiger partial charge < -0.3 is 10.5 Å². The summed E-state index contributed by atoms with van der Waals surface area (Å²) in [5.41, 5.74) is 9.80. The van der Waals surface area contributed by atoms with Crippen molar-refractivity contribution in [2.45, 2.75) is 57.6 Å². The average Bonchev–Trinajstić information content (AvgIpc) is 2.69. The number of halogens is 2. The average molecular weight is 463 g/mol. The predicted molar refractivity (Wildman–Crippen MR) is 124 cm³/mol. The Morgan fingerprint density at radius 2 is 1.77 bits per heavy atom. The molecule has 2 N–H and O–H groups in total. The van der Waals surface area contributed by atoms with Gasteiger partial charge >= 0.3 is 6.09 Å². The molecule has 0 aliphatic heterocycles. The van der Waals surface area contributed by atoms with Gasteiger partial charge in [-0.15, -0.1) is 0 Å². The lowest BCUT2D eigenvalue weighted by Gasteiger charge is -2.31. The third kappa shape index (κ3) is 5.59. The van der Waals surface area contributed by atoms with E-state index in [1.807, 2.05) is 36.4 Å². The lowest BCUT2D eigenvalue weighted by molar-refractivity contribution is -0.128. The summed E-state index contributed by atoms with van der Waals surface area (Å²) in [6, 6.07) is 11.5. The number of nitrogens with two attached hydrogens (primary N) is 1. The fourth-order valence-corrected chi connectivity index (χ4v) is 4.14. The molecule has 0 saturated heterocycles. The maximum atomic E-state index is 12.6. The molecule has 7 heteroatoms. The van der Waals surface area contributed by atoms with Crippen molar-refractivity contribution in [2.75, 3.05) is 7.05 Å². The largest absolute Gasteiger partial charge is 0.443 e. The maximum absolute atomic E-state index is 12.6. The van der Waals surface area contributed by atoms with Gasteiger partial charge in [0.05, 0.1) is 16.5 Å². The van der Waals surface area contributed by atoms with E-state index < -0.39 is 11.7 Å². The molecule has 1 aliphatic rings. The molecule has 3 rings (SSSR count). The Hall–Kier alpha value is -2.08. The Kier molecular flexibility index (Phi) is 6.99. The van der Waals surface area contributed by atoms with Crippen LogP contribution in [0.1, 0.15) is 67.8 Å². The van der Waals surface area contributed by atoms with Gasteiger partial charge in [0.1, 0.15) is 5.60 Å². The van der Waals surface area contributed by atoms with E-state index in [1.54, 1.807) is 20.8 Å². The molecule has 0 heterocycles. The normalized spacial score (nSPS) is 18.3. The Morgan fingerprint density at radius 1 is 1.06 bits per heavy atom. The molecule has 2 atom stereocenters. The molecule has 31 heavy (non-hydrogen) atoms. The van der Waals surface area contributed by atoms with E-state index in [2.05, 4.69) is 0 Å². The Labute approximate surface area is 193 Å². The number of rotatable bonds is 3. The minimum atomic E-state index is -0.663. The molecule has 0 spiro atoms. The topological polar surface area (TPSA) is 72.6 Å². The second-order valence-corrected chi connectivity index (χ2v) is 9.80. The van der Waals surface area contributed by atoms with Crippen LogP contribution >= 0.6 is 23.2 Å². The summed E-state index contributed by atoms with van der Waals surface area (Å²) >= 11 is 12.3. The van der Waals surface area contributed by atoms with Gasteiger partial charge in [-0.05, 0) is 68.0 Å². The molecule has 166 valence electrons. The Morgan fingerprint density at radius 3 is 2.42 bits per heavy atom. The van der Waals surface area contributed by atoms with Gasteiger partial charge in [0.15, 0.2) is 0 Å². The number of nitrogens with zero attached hydrogens (tertiary/aromatic N) is 1. The molecule has 0 bridgehead atoms. The third-order valence-electron chi connectivity index (χ3n) is 5.44. The summed E-state index contributed by atoms with van der Waals surface area (Å²) in [6.45, 7) is 5.29. The smallest absolute Gasteiger partial charge is 0.416 e. The molecule has 0 fully saturated rings. The minimum Gasteiger partial charge on any atom is -0.443 e. The number of carbonyl (C=O) groups is 2. The van der Waals surface area contributed by atoms with Crippen molar-refractivity contribution < 1.29 is 14.3 Å². The van der Waals surface area contributed by atoms with E-state index in [9.17, 15) is 9.59 Å². The molecule has 0 saturated carbocycles. The molecular weight excluding hydrogens is 435 g/mol. The van der Waals surface area contributed by atoms with E-state index in [0.29, 0.717) is 10.0 Å². The zero-order valence-corrected chi connectivity index (χ0v) is 19.8. The van der Waals surface area contributed by atoms with Crippen LogP contribution in [0.3, 0.4) is 0 Å². The first kappa shape index (κ1) is 23.6. The molecule has 2 amide bonds. The van der Waals surface area contributed by atoms with Crippen molar-refractivity contribution >= 4 is 35.2 Å². The molecule has 1 unspecified atom stereocenters. The van der Waals surface area contributed by atoms with Crippen molar-refractivity contribution in [1.82, 2.24) is 4.90 Å². The number of fused-ring (bicyclic) bond motifs is 1. The highest BCUT2D eigenvalue weighted by Gasteiger charge is 2.28. The number of ether oxygens (including phenoxy) is 1. The molecule has 5 nitrogen and oxygen atoms in total. The summed E-state index contributed by atoms with van der Waals surface area (Å²) in [5.74, 6) is -0.168. The number of benzene rings is 2. The van der Waals surface area contributed by atoms with Gasteiger partial charge in [-0.1, -0.05) is 47.5 Å². The summed E-state index contributed by atoms with van der Waals surface area (Å²) in [6.07, 6.45) is 1.17. The molecule has 1 aliphatic carbocycles. The van der Waals surface area contributed by atoms with E-state index in [4.69, 9.17) is 33.7 Å². The van der Waals surface area contributed by atoms with Crippen LogP contribution in [0.15, 0.2) is 36.4 Å². The monoisotopic (exact) mass is 462 g/mol. The minimum absolute atomic E-state index is 0.0905. The SMILES string of the molecule is CN(C(=O)Cc1ccc2c(c1)C(N)CC[C@H]2c1ccc(Cl)c(Cl)c1)C(=O)OC(C)(C)C. The van der Waals surface area contributed by atoms with E-state index >= 15 is 0 Å². The van der Waals surface area contributed by atoms with Gasteiger partial charge in [-0.25, -0.2) is 4.79 Å². The van der Waals surface area contributed by atoms with E-state index in [1.165, 1.54) is 7.05 Å². The van der Waals surface area contributed by atoms with Gasteiger partial charge in [-0.2, -0.15) is 0 Å². The number of imide groups is 1. The van der Waals surface area contributed by atoms with Crippen LogP contribution in [0.2, 0.25) is 10.0 Å². The Bertz CT molecular complexity index is 1000. The summed E-state index contributed by atoms with van der Waals surface area (Å²) in [4.78, 5) is 25.8. The van der Waals surface area contributed by atoms with Crippen molar-refractivity contribution in [3.8, 4) is 0 Å². The maximum Gasteiger partial charge on any atom is 0.416 e. The summed E-state index contributed by atoms with van der Waals surface area (Å²) < 4.78 is 5.27. The third-order valence-corrected chi connectivity index (χ3v) is 6.17. The van der Waals surface area contributed by atoms with Gasteiger partial charge in [-0.3, -0.25) is 9.69 Å². The fourth-order valence-electron chi connectivity index (χ4n) is 3.83. The van der Waals surface area contributed by atoms with Gasteiger partial charge in [0.2, 0.25) is 5.91 Å². The molecule has 0 radical (unpaired) electrons. The van der Waals surface area contributed by atoms with E-state index in [-0.39, 0.29) is 24.3 Å². The van der Waals surface area contributed by atoms with Crippen molar-refractivity contribution in [3.63, 3.8) is 0 Å².